The monoisotopic (exact) mass is 353 g/mol. The molecule has 0 aromatic carbocycles. The van der Waals surface area contributed by atoms with Crippen molar-refractivity contribution in [2.75, 3.05) is 37.7 Å². The molecule has 0 bridgehead atoms. The van der Waals surface area contributed by atoms with Crippen molar-refractivity contribution in [1.82, 2.24) is 9.88 Å². The van der Waals surface area contributed by atoms with Crippen molar-refractivity contribution in [3.05, 3.63) is 23.9 Å². The number of alkyl halides is 2. The molecule has 1 aliphatic carbocycles. The van der Waals surface area contributed by atoms with Gasteiger partial charge in [-0.15, -0.1) is 0 Å². The Bertz CT molecular complexity index is 554. The molecule has 0 atom stereocenters. The number of amides is 1. The first kappa shape index (κ1) is 18.0. The first-order chi connectivity index (χ1) is 12.1. The number of piperazine rings is 1. The number of rotatable bonds is 5. The van der Waals surface area contributed by atoms with E-state index < -0.39 is 6.43 Å². The number of halogens is 2. The third-order valence-corrected chi connectivity index (χ3v) is 4.97. The lowest BCUT2D eigenvalue weighted by molar-refractivity contribution is -0.139. The second-order valence-electron chi connectivity index (χ2n) is 6.69. The van der Waals surface area contributed by atoms with Gasteiger partial charge in [-0.3, -0.25) is 4.79 Å². The summed E-state index contributed by atoms with van der Waals surface area (Å²) in [5, 5.41) is 0. The lowest BCUT2D eigenvalue weighted by atomic mass is 9.98. The van der Waals surface area contributed by atoms with Gasteiger partial charge in [-0.1, -0.05) is 19.3 Å². The molecule has 5 nitrogen and oxygen atoms in total. The van der Waals surface area contributed by atoms with Crippen molar-refractivity contribution in [1.29, 1.82) is 0 Å². The Morgan fingerprint density at radius 2 is 1.88 bits per heavy atom. The Labute approximate surface area is 147 Å². The van der Waals surface area contributed by atoms with Gasteiger partial charge in [0.15, 0.2) is 0 Å². The fourth-order valence-electron chi connectivity index (χ4n) is 3.41. The number of hydrogen-bond acceptors (Lipinski definition) is 4. The molecule has 25 heavy (non-hydrogen) atoms. The molecule has 3 rings (SSSR count). The predicted molar refractivity (Wildman–Crippen MR) is 90.8 cm³/mol. The molecule has 0 N–H and O–H groups in total. The van der Waals surface area contributed by atoms with Gasteiger partial charge in [0, 0.05) is 37.9 Å². The van der Waals surface area contributed by atoms with Gasteiger partial charge in [0.05, 0.1) is 6.10 Å². The zero-order valence-corrected chi connectivity index (χ0v) is 14.4. The molecule has 1 amide bonds. The third kappa shape index (κ3) is 4.87. The van der Waals surface area contributed by atoms with Crippen molar-refractivity contribution >= 4 is 11.7 Å². The summed E-state index contributed by atoms with van der Waals surface area (Å²) in [5.74, 6) is 0.709. The van der Waals surface area contributed by atoms with Crippen molar-refractivity contribution < 1.29 is 18.3 Å². The van der Waals surface area contributed by atoms with E-state index in [-0.39, 0.29) is 24.2 Å². The van der Waals surface area contributed by atoms with Crippen LogP contribution in [0.1, 0.15) is 44.1 Å². The summed E-state index contributed by atoms with van der Waals surface area (Å²) >= 11 is 0. The van der Waals surface area contributed by atoms with Crippen LogP contribution in [0.2, 0.25) is 0 Å². The average molecular weight is 353 g/mol. The van der Waals surface area contributed by atoms with Crippen LogP contribution in [0, 0.1) is 0 Å². The minimum atomic E-state index is -2.50. The Kier molecular flexibility index (Phi) is 6.18. The zero-order chi connectivity index (χ0) is 17.6. The number of nitrogens with zero attached hydrogens (tertiary/aromatic N) is 3. The van der Waals surface area contributed by atoms with Crippen LogP contribution in [0.15, 0.2) is 18.3 Å². The van der Waals surface area contributed by atoms with Crippen LogP contribution in [-0.2, 0) is 9.53 Å². The molecule has 7 heteroatoms. The van der Waals surface area contributed by atoms with Crippen molar-refractivity contribution in [3.63, 3.8) is 0 Å². The van der Waals surface area contributed by atoms with E-state index in [2.05, 4.69) is 4.98 Å². The molecule has 138 valence electrons. The van der Waals surface area contributed by atoms with Gasteiger partial charge in [0.2, 0.25) is 5.91 Å². The molecule has 1 saturated carbocycles. The van der Waals surface area contributed by atoms with Gasteiger partial charge < -0.3 is 14.5 Å². The largest absolute Gasteiger partial charge is 0.368 e. The summed E-state index contributed by atoms with van der Waals surface area (Å²) in [4.78, 5) is 20.2. The molecule has 0 unspecified atom stereocenters. The lowest BCUT2D eigenvalue weighted by Gasteiger charge is -2.35. The highest BCUT2D eigenvalue weighted by molar-refractivity contribution is 5.77. The zero-order valence-electron chi connectivity index (χ0n) is 14.4. The van der Waals surface area contributed by atoms with Crippen molar-refractivity contribution in [2.45, 2.75) is 44.6 Å². The Morgan fingerprint density at radius 1 is 1.16 bits per heavy atom. The Hall–Kier alpha value is -1.76. The maximum atomic E-state index is 12.6. The van der Waals surface area contributed by atoms with Crippen molar-refractivity contribution in [2.24, 2.45) is 0 Å². The maximum Gasteiger partial charge on any atom is 0.265 e. The van der Waals surface area contributed by atoms with Crippen LogP contribution in [0.5, 0.6) is 0 Å². The highest BCUT2D eigenvalue weighted by Crippen LogP contribution is 2.22. The third-order valence-electron chi connectivity index (χ3n) is 4.97. The normalized spacial score (nSPS) is 19.5. The van der Waals surface area contributed by atoms with Crippen LogP contribution < -0.4 is 4.90 Å². The van der Waals surface area contributed by atoms with E-state index in [4.69, 9.17) is 4.74 Å². The smallest absolute Gasteiger partial charge is 0.265 e. The highest BCUT2D eigenvalue weighted by atomic mass is 19.3. The van der Waals surface area contributed by atoms with E-state index in [1.165, 1.54) is 31.5 Å². The van der Waals surface area contributed by atoms with Gasteiger partial charge in [-0.2, -0.15) is 0 Å². The number of pyridine rings is 1. The Morgan fingerprint density at radius 3 is 2.48 bits per heavy atom. The number of anilines is 1. The average Bonchev–Trinajstić information content (AvgIpc) is 2.67. The summed E-state index contributed by atoms with van der Waals surface area (Å²) in [6, 6.07) is 3.02. The van der Waals surface area contributed by atoms with E-state index in [1.54, 1.807) is 6.07 Å². The van der Waals surface area contributed by atoms with E-state index in [1.807, 2.05) is 9.80 Å². The van der Waals surface area contributed by atoms with Crippen LogP contribution in [-0.4, -0.2) is 54.7 Å². The number of carbonyl (C=O) groups excluding carboxylic acids is 1. The van der Waals surface area contributed by atoms with Gasteiger partial charge >= 0.3 is 0 Å². The lowest BCUT2D eigenvalue weighted by Crippen LogP contribution is -2.50. The summed E-state index contributed by atoms with van der Waals surface area (Å²) < 4.78 is 30.9. The number of carbonyl (C=O) groups is 1. The van der Waals surface area contributed by atoms with E-state index >= 15 is 0 Å². The quantitative estimate of drug-likeness (QED) is 0.816. The molecule has 1 aromatic heterocycles. The van der Waals surface area contributed by atoms with Gasteiger partial charge in [0.25, 0.3) is 6.43 Å². The van der Waals surface area contributed by atoms with E-state index in [9.17, 15) is 13.6 Å². The number of aromatic nitrogens is 1. The van der Waals surface area contributed by atoms with Crippen LogP contribution in [0.25, 0.3) is 0 Å². The number of hydrogen-bond donors (Lipinski definition) is 0. The number of ether oxygens (including phenoxy) is 1. The SMILES string of the molecule is O=C(COC1CCCCC1)N1CCN(c2ccc(C(F)F)cn2)CC1. The maximum absolute atomic E-state index is 12.6. The van der Waals surface area contributed by atoms with Crippen LogP contribution in [0.4, 0.5) is 14.6 Å². The molecule has 1 aromatic rings. The Balaban J connectivity index is 1.43. The predicted octanol–water partition coefficient (Wildman–Crippen LogP) is 3.02. The van der Waals surface area contributed by atoms with Crippen LogP contribution >= 0.6 is 0 Å². The second kappa shape index (κ2) is 8.56. The molecule has 2 aliphatic rings. The summed E-state index contributed by atoms with van der Waals surface area (Å²) in [7, 11) is 0. The minimum absolute atomic E-state index is 0.0335. The van der Waals surface area contributed by atoms with Crippen molar-refractivity contribution in [3.8, 4) is 0 Å². The summed E-state index contributed by atoms with van der Waals surface area (Å²) in [6.07, 6.45) is 4.71. The van der Waals surface area contributed by atoms with Crippen LogP contribution in [0.3, 0.4) is 0 Å². The molecular weight excluding hydrogens is 328 g/mol. The molecule has 1 saturated heterocycles. The molecule has 0 spiro atoms. The van der Waals surface area contributed by atoms with E-state index in [0.29, 0.717) is 32.0 Å². The topological polar surface area (TPSA) is 45.7 Å². The fourth-order valence-corrected chi connectivity index (χ4v) is 3.41. The highest BCUT2D eigenvalue weighted by Gasteiger charge is 2.23. The second-order valence-corrected chi connectivity index (χ2v) is 6.69. The van der Waals surface area contributed by atoms with Gasteiger partial charge in [-0.05, 0) is 25.0 Å². The fraction of sp³-hybridized carbons (Fsp3) is 0.667. The molecule has 1 aliphatic heterocycles. The molecular formula is C18H25F2N3O2. The van der Waals surface area contributed by atoms with Gasteiger partial charge in [-0.25, -0.2) is 13.8 Å². The summed E-state index contributed by atoms with van der Waals surface area (Å²) in [5.41, 5.74) is -0.0718. The molecule has 0 radical (unpaired) electrons. The standard InChI is InChI=1S/C18H25F2N3O2/c19-18(20)14-6-7-16(21-12-14)22-8-10-23(11-9-22)17(24)13-25-15-4-2-1-3-5-15/h6-7,12,15,18H,1-5,8-11,13H2. The van der Waals surface area contributed by atoms with Gasteiger partial charge in [0.1, 0.15) is 12.4 Å². The summed E-state index contributed by atoms with van der Waals surface area (Å²) in [6.45, 7) is 2.66. The molecule has 2 fully saturated rings. The first-order valence-corrected chi connectivity index (χ1v) is 9.02. The van der Waals surface area contributed by atoms with E-state index in [0.717, 1.165) is 12.8 Å². The minimum Gasteiger partial charge on any atom is -0.368 e. The molecule has 2 heterocycles. The first-order valence-electron chi connectivity index (χ1n) is 9.02.